The molecular formula is C26H19Cl3FN3O12S. The second-order valence-corrected chi connectivity index (χ2v) is 11.5. The number of alkyl halides is 1. The minimum absolute atomic E-state index is 0.117. The second kappa shape index (κ2) is 15.7. The fraction of sp³-hybridized carbons (Fsp3) is 0.192. The molecule has 0 fully saturated rings. The van der Waals surface area contributed by atoms with Gasteiger partial charge in [0.05, 0.1) is 42.3 Å². The van der Waals surface area contributed by atoms with Gasteiger partial charge in [0.25, 0.3) is 21.5 Å². The van der Waals surface area contributed by atoms with Gasteiger partial charge in [0, 0.05) is 24.3 Å². The molecule has 244 valence electrons. The van der Waals surface area contributed by atoms with Crippen LogP contribution in [0.25, 0.3) is 0 Å². The Morgan fingerprint density at radius 2 is 1.39 bits per heavy atom. The van der Waals surface area contributed by atoms with Crippen LogP contribution >= 0.6 is 34.8 Å². The number of halogens is 4. The quantitative estimate of drug-likeness (QED) is 0.0499. The molecule has 0 aliphatic rings. The molecule has 3 aromatic carbocycles. The van der Waals surface area contributed by atoms with Crippen LogP contribution in [-0.4, -0.2) is 68.5 Å². The van der Waals surface area contributed by atoms with Gasteiger partial charge in [-0.05, 0) is 36.4 Å². The minimum Gasteiger partial charge on any atom is -0.459 e. The summed E-state index contributed by atoms with van der Waals surface area (Å²) in [5.74, 6) is -2.46. The minimum atomic E-state index is -5.02. The number of esters is 2. The predicted molar refractivity (Wildman–Crippen MR) is 160 cm³/mol. The van der Waals surface area contributed by atoms with Crippen LogP contribution in [0.3, 0.4) is 0 Å². The number of oxime groups is 1. The molecule has 0 spiro atoms. The van der Waals surface area contributed by atoms with Crippen molar-refractivity contribution in [1.29, 1.82) is 0 Å². The van der Waals surface area contributed by atoms with E-state index in [1.54, 1.807) is 0 Å². The summed E-state index contributed by atoms with van der Waals surface area (Å²) >= 11 is 17.9. The molecular weight excluding hydrogens is 704 g/mol. The molecule has 0 unspecified atom stereocenters. The topological polar surface area (TPSA) is 204 Å². The van der Waals surface area contributed by atoms with Gasteiger partial charge in [0.2, 0.25) is 0 Å². The highest BCUT2D eigenvalue weighted by molar-refractivity contribution is 7.87. The molecule has 0 saturated carbocycles. The highest BCUT2D eigenvalue weighted by atomic mass is 35.5. The molecule has 20 heteroatoms. The molecule has 0 aliphatic heterocycles. The summed E-state index contributed by atoms with van der Waals surface area (Å²) in [6, 6.07) is 9.79. The number of rotatable bonds is 14. The van der Waals surface area contributed by atoms with Crippen LogP contribution in [0.5, 0.6) is 0 Å². The number of benzene rings is 3. The normalized spacial score (nSPS) is 13.4. The lowest BCUT2D eigenvalue weighted by molar-refractivity contribution is -0.385. The lowest BCUT2D eigenvalue weighted by atomic mass is 10.1. The zero-order valence-corrected chi connectivity index (χ0v) is 26.0. The summed E-state index contributed by atoms with van der Waals surface area (Å²) in [7, 11) is -3.97. The Hall–Kier alpha value is -4.42. The number of nitrogens with zero attached hydrogens (tertiary/aromatic N) is 3. The van der Waals surface area contributed by atoms with Crippen molar-refractivity contribution in [2.75, 3.05) is 13.7 Å². The number of non-ortho nitro benzene ring substituents is 2. The van der Waals surface area contributed by atoms with Crippen molar-refractivity contribution < 1.29 is 50.7 Å². The first-order valence-electron chi connectivity index (χ1n) is 12.3. The molecule has 0 bridgehead atoms. The second-order valence-electron chi connectivity index (χ2n) is 8.74. The summed E-state index contributed by atoms with van der Waals surface area (Å²) in [6.45, 7) is -1.10. The maximum atomic E-state index is 15.6. The molecule has 0 amide bonds. The average Bonchev–Trinajstić information content (AvgIpc) is 3.02. The SMILES string of the molecule is CO/N=C\[C@@H](F)[C@@H](OC(=O)c1ccc([N+](=O)[O-])cc1)[C@H](COC(=O)c1ccc([N+](=O)[O-])cc1)OS(=O)(=O)c1cc(Cl)c(Cl)cc1Cl. The summed E-state index contributed by atoms with van der Waals surface area (Å²) in [5, 5.41) is 24.3. The molecule has 0 aliphatic carbocycles. The molecule has 3 atom stereocenters. The number of nitro benzene ring substituents is 2. The van der Waals surface area contributed by atoms with Crippen molar-refractivity contribution in [2.45, 2.75) is 23.3 Å². The zero-order valence-electron chi connectivity index (χ0n) is 23.0. The van der Waals surface area contributed by atoms with Gasteiger partial charge in [-0.2, -0.15) is 8.42 Å². The molecule has 3 rings (SSSR count). The summed E-state index contributed by atoms with van der Waals surface area (Å²) in [5.41, 5.74) is -1.27. The van der Waals surface area contributed by atoms with E-state index in [0.717, 1.165) is 67.8 Å². The van der Waals surface area contributed by atoms with Crippen molar-refractivity contribution in [3.63, 3.8) is 0 Å². The van der Waals surface area contributed by atoms with Gasteiger partial charge in [0.1, 0.15) is 18.6 Å². The Kier molecular flexibility index (Phi) is 12.3. The van der Waals surface area contributed by atoms with E-state index in [0.29, 0.717) is 6.21 Å². The lowest BCUT2D eigenvalue weighted by Gasteiger charge is -2.27. The molecule has 0 aromatic heterocycles. The smallest absolute Gasteiger partial charge is 0.338 e. The van der Waals surface area contributed by atoms with Gasteiger partial charge in [-0.1, -0.05) is 40.0 Å². The Labute approximate surface area is 273 Å². The molecule has 3 aromatic rings. The highest BCUT2D eigenvalue weighted by Gasteiger charge is 2.39. The van der Waals surface area contributed by atoms with Crippen molar-refractivity contribution in [1.82, 2.24) is 0 Å². The monoisotopic (exact) mass is 721 g/mol. The maximum absolute atomic E-state index is 15.6. The standard InChI is InChI=1S/C26H19Cl3FN3O12S/c1-42-31-12-21(30)24(44-26(35)15-4-8-17(9-5-15)33(38)39)22(13-43-25(34)14-2-6-16(7-3-14)32(36)37)45-46(40,41)23-11-19(28)18(27)10-20(23)29/h2-12,21-22,24H,13H2,1H3/b31-12-/t21-,22+,24-/m1/s1. The number of nitro groups is 2. The van der Waals surface area contributed by atoms with Crippen molar-refractivity contribution in [2.24, 2.45) is 5.16 Å². The van der Waals surface area contributed by atoms with Gasteiger partial charge >= 0.3 is 11.9 Å². The fourth-order valence-corrected chi connectivity index (χ4v) is 5.56. The first kappa shape index (κ1) is 36.1. The summed E-state index contributed by atoms with van der Waals surface area (Å²) in [4.78, 5) is 49.9. The highest BCUT2D eigenvalue weighted by Crippen LogP contribution is 2.33. The molecule has 0 N–H and O–H groups in total. The largest absolute Gasteiger partial charge is 0.459 e. The molecule has 46 heavy (non-hydrogen) atoms. The summed E-state index contributed by atoms with van der Waals surface area (Å²) < 4.78 is 57.8. The van der Waals surface area contributed by atoms with Crippen LogP contribution in [0, 0.1) is 20.2 Å². The zero-order chi connectivity index (χ0) is 34.2. The van der Waals surface area contributed by atoms with E-state index >= 15 is 4.39 Å². The lowest BCUT2D eigenvalue weighted by Crippen LogP contribution is -2.45. The molecule has 0 saturated heterocycles. The summed E-state index contributed by atoms with van der Waals surface area (Å²) in [6.07, 6.45) is -6.41. The predicted octanol–water partition coefficient (Wildman–Crippen LogP) is 5.59. The van der Waals surface area contributed by atoms with Crippen LogP contribution in [0.15, 0.2) is 70.7 Å². The van der Waals surface area contributed by atoms with E-state index in [-0.39, 0.29) is 32.5 Å². The Morgan fingerprint density at radius 1 is 0.891 bits per heavy atom. The first-order valence-corrected chi connectivity index (χ1v) is 14.8. The average molecular weight is 723 g/mol. The fourth-order valence-electron chi connectivity index (χ4n) is 3.51. The van der Waals surface area contributed by atoms with E-state index in [1.807, 2.05) is 0 Å². The van der Waals surface area contributed by atoms with Crippen molar-refractivity contribution in [3.05, 3.63) is 107 Å². The Morgan fingerprint density at radius 3 is 1.89 bits per heavy atom. The van der Waals surface area contributed by atoms with Crippen LogP contribution in [0.1, 0.15) is 20.7 Å². The van der Waals surface area contributed by atoms with Crippen LogP contribution in [0.2, 0.25) is 15.1 Å². The Balaban J connectivity index is 2.02. The number of carbonyl (C=O) groups is 2. The van der Waals surface area contributed by atoms with Crippen molar-refractivity contribution >= 4 is 74.4 Å². The van der Waals surface area contributed by atoms with Crippen LogP contribution < -0.4 is 0 Å². The maximum Gasteiger partial charge on any atom is 0.338 e. The van der Waals surface area contributed by atoms with Gasteiger partial charge in [-0.15, -0.1) is 0 Å². The third-order valence-electron chi connectivity index (χ3n) is 5.73. The van der Waals surface area contributed by atoms with E-state index in [4.69, 9.17) is 48.5 Å². The first-order chi connectivity index (χ1) is 21.6. The molecule has 15 nitrogen and oxygen atoms in total. The molecule has 0 radical (unpaired) electrons. The third kappa shape index (κ3) is 9.30. The van der Waals surface area contributed by atoms with Gasteiger partial charge in [0.15, 0.2) is 18.4 Å². The van der Waals surface area contributed by atoms with Gasteiger partial charge < -0.3 is 14.3 Å². The van der Waals surface area contributed by atoms with Crippen LogP contribution in [0.4, 0.5) is 15.8 Å². The Bertz CT molecular complexity index is 1760. The van der Waals surface area contributed by atoms with E-state index in [1.165, 1.54) is 0 Å². The van der Waals surface area contributed by atoms with Gasteiger partial charge in [-0.3, -0.25) is 24.4 Å². The number of ether oxygens (including phenoxy) is 2. The van der Waals surface area contributed by atoms with E-state index in [9.17, 15) is 38.2 Å². The number of hydrogen-bond acceptors (Lipinski definition) is 13. The van der Waals surface area contributed by atoms with Crippen molar-refractivity contribution in [3.8, 4) is 0 Å². The molecule has 0 heterocycles. The number of hydrogen-bond donors (Lipinski definition) is 0. The van der Waals surface area contributed by atoms with E-state index < -0.39 is 66.8 Å². The van der Waals surface area contributed by atoms with Crippen LogP contribution in [-0.2, 0) is 28.6 Å². The third-order valence-corrected chi connectivity index (χ3v) is 8.26. The van der Waals surface area contributed by atoms with E-state index in [2.05, 4.69) is 9.99 Å². The number of carbonyl (C=O) groups excluding carboxylic acids is 2. The van der Waals surface area contributed by atoms with Gasteiger partial charge in [-0.25, -0.2) is 14.0 Å².